The van der Waals surface area contributed by atoms with Crippen LogP contribution < -0.4 is 10.5 Å². The number of benzene rings is 2. The number of hydrogen-bond donors (Lipinski definition) is 3. The highest BCUT2D eigenvalue weighted by Crippen LogP contribution is 2.41. The maximum absolute atomic E-state index is 12.7. The van der Waals surface area contributed by atoms with Crippen molar-refractivity contribution in [2.45, 2.75) is 13.3 Å². The average Bonchev–Trinajstić information content (AvgIpc) is 2.66. The zero-order valence-electron chi connectivity index (χ0n) is 14.7. The molecular formula is C20H19NO6. The predicted molar refractivity (Wildman–Crippen MR) is 99.4 cm³/mol. The van der Waals surface area contributed by atoms with Crippen LogP contribution in [0.4, 0.5) is 5.69 Å². The van der Waals surface area contributed by atoms with E-state index >= 15 is 0 Å². The van der Waals surface area contributed by atoms with Crippen molar-refractivity contribution in [2.75, 3.05) is 12.3 Å². The Morgan fingerprint density at radius 2 is 1.70 bits per heavy atom. The van der Waals surface area contributed by atoms with Crippen molar-refractivity contribution in [1.29, 1.82) is 0 Å². The number of rotatable bonds is 4. The Morgan fingerprint density at radius 1 is 1.19 bits per heavy atom. The van der Waals surface area contributed by atoms with E-state index in [1.165, 1.54) is 6.07 Å². The second-order valence-corrected chi connectivity index (χ2v) is 5.65. The summed E-state index contributed by atoms with van der Waals surface area (Å²) in [6.07, 6.45) is 1.59. The second kappa shape index (κ2) is 8.18. The molecule has 1 aliphatic carbocycles. The first kappa shape index (κ1) is 19.7. The molecule has 0 heterocycles. The van der Waals surface area contributed by atoms with E-state index in [0.29, 0.717) is 12.2 Å². The molecule has 27 heavy (non-hydrogen) atoms. The number of carbonyl (C=O) groups excluding carboxylic acids is 2. The summed E-state index contributed by atoms with van der Waals surface area (Å²) >= 11 is 0. The van der Waals surface area contributed by atoms with E-state index in [9.17, 15) is 19.5 Å². The van der Waals surface area contributed by atoms with Gasteiger partial charge in [0.1, 0.15) is 11.5 Å². The Bertz CT molecular complexity index is 932. The summed E-state index contributed by atoms with van der Waals surface area (Å²) in [5, 5.41) is 17.8. The fourth-order valence-electron chi connectivity index (χ4n) is 2.61. The highest BCUT2D eigenvalue weighted by molar-refractivity contribution is 6.31. The maximum atomic E-state index is 12.7. The van der Waals surface area contributed by atoms with Gasteiger partial charge in [-0.2, -0.15) is 0 Å². The third-order valence-electron chi connectivity index (χ3n) is 3.82. The van der Waals surface area contributed by atoms with Crippen molar-refractivity contribution in [1.82, 2.24) is 0 Å². The van der Waals surface area contributed by atoms with Gasteiger partial charge in [-0.1, -0.05) is 37.8 Å². The van der Waals surface area contributed by atoms with Gasteiger partial charge in [0.2, 0.25) is 0 Å². The maximum Gasteiger partial charge on any atom is 0.327 e. The average molecular weight is 369 g/mol. The van der Waals surface area contributed by atoms with Crippen LogP contribution in [-0.2, 0) is 4.79 Å². The Balaban J connectivity index is 0.000000465. The first-order valence-corrected chi connectivity index (χ1v) is 8.15. The number of phenols is 1. The first-order chi connectivity index (χ1) is 12.8. The number of nitrogen functional groups attached to an aromatic ring is 1. The summed E-state index contributed by atoms with van der Waals surface area (Å²) < 4.78 is 5.46. The van der Waals surface area contributed by atoms with Gasteiger partial charge in [-0.15, -0.1) is 0 Å². The van der Waals surface area contributed by atoms with Crippen LogP contribution in [0.2, 0.25) is 0 Å². The molecule has 4 N–H and O–H groups in total. The van der Waals surface area contributed by atoms with Crippen molar-refractivity contribution >= 4 is 23.2 Å². The van der Waals surface area contributed by atoms with Gasteiger partial charge in [-0.3, -0.25) is 9.59 Å². The smallest absolute Gasteiger partial charge is 0.327 e. The van der Waals surface area contributed by atoms with Gasteiger partial charge < -0.3 is 20.7 Å². The first-order valence-electron chi connectivity index (χ1n) is 8.15. The molecule has 0 fully saturated rings. The molecule has 0 saturated heterocycles. The summed E-state index contributed by atoms with van der Waals surface area (Å²) in [5.41, 5.74) is 6.64. The Morgan fingerprint density at radius 3 is 2.19 bits per heavy atom. The van der Waals surface area contributed by atoms with Crippen molar-refractivity contribution in [2.24, 2.45) is 0 Å². The fraction of sp³-hybridized carbons (Fsp3) is 0.150. The Labute approximate surface area is 155 Å². The minimum atomic E-state index is -0.981. The Kier molecular flexibility index (Phi) is 5.97. The number of carboxylic acid groups (broad SMARTS) is 1. The van der Waals surface area contributed by atoms with E-state index in [-0.39, 0.29) is 39.7 Å². The van der Waals surface area contributed by atoms with Gasteiger partial charge in [0, 0.05) is 23.3 Å². The standard InChI is InChI=1S/C17H15NO4.C3H4O2/c1-2-7-22-12-8-11(19)13-14(15(12)18)17(21)10-6-4-3-5-9(10)16(13)20;1-2-3(4)5/h3-6,8,19H,2,7,18H2,1H3;2H,1H2,(H,4,5). The minimum absolute atomic E-state index is 0.0230. The van der Waals surface area contributed by atoms with Crippen LogP contribution in [0.3, 0.4) is 0 Å². The molecule has 3 rings (SSSR count). The molecule has 1 aliphatic rings. The van der Waals surface area contributed by atoms with Gasteiger partial charge in [0.05, 0.1) is 23.4 Å². The molecule has 0 unspecified atom stereocenters. The zero-order chi connectivity index (χ0) is 20.1. The molecule has 0 amide bonds. The molecule has 0 saturated carbocycles. The SMILES string of the molecule is C=CC(=O)O.CCCOc1cc(O)c2c(c1N)C(=O)c1ccccc1C2=O. The molecule has 2 aromatic carbocycles. The number of ketones is 2. The number of anilines is 1. The third-order valence-corrected chi connectivity index (χ3v) is 3.82. The van der Waals surface area contributed by atoms with Crippen molar-refractivity contribution in [3.8, 4) is 11.5 Å². The van der Waals surface area contributed by atoms with Crippen LogP contribution in [0.15, 0.2) is 43.0 Å². The monoisotopic (exact) mass is 369 g/mol. The lowest BCUT2D eigenvalue weighted by Crippen LogP contribution is -2.23. The van der Waals surface area contributed by atoms with Crippen LogP contribution in [0, 0.1) is 0 Å². The van der Waals surface area contributed by atoms with Gasteiger partial charge in [0.15, 0.2) is 11.6 Å². The summed E-state index contributed by atoms with van der Waals surface area (Å²) in [6.45, 7) is 5.29. The molecule has 7 heteroatoms. The van der Waals surface area contributed by atoms with Crippen LogP contribution >= 0.6 is 0 Å². The highest BCUT2D eigenvalue weighted by Gasteiger charge is 2.35. The van der Waals surface area contributed by atoms with E-state index in [0.717, 1.165) is 12.5 Å². The number of nitrogens with two attached hydrogens (primary N) is 1. The van der Waals surface area contributed by atoms with Crippen molar-refractivity contribution in [3.63, 3.8) is 0 Å². The van der Waals surface area contributed by atoms with Crippen molar-refractivity contribution in [3.05, 3.63) is 65.2 Å². The number of carboxylic acids is 1. The van der Waals surface area contributed by atoms with Gasteiger partial charge in [0.25, 0.3) is 0 Å². The molecule has 7 nitrogen and oxygen atoms in total. The summed E-state index contributed by atoms with van der Waals surface area (Å²) in [4.78, 5) is 34.4. The van der Waals surface area contributed by atoms with E-state index in [2.05, 4.69) is 6.58 Å². The lowest BCUT2D eigenvalue weighted by atomic mass is 9.82. The zero-order valence-corrected chi connectivity index (χ0v) is 14.7. The molecule has 0 atom stereocenters. The molecule has 0 bridgehead atoms. The van der Waals surface area contributed by atoms with E-state index in [4.69, 9.17) is 15.6 Å². The van der Waals surface area contributed by atoms with Gasteiger partial charge >= 0.3 is 5.97 Å². The third kappa shape index (κ3) is 3.82. The lowest BCUT2D eigenvalue weighted by molar-refractivity contribution is -0.131. The normalized spacial score (nSPS) is 11.6. The molecular weight excluding hydrogens is 350 g/mol. The molecule has 2 aromatic rings. The lowest BCUT2D eigenvalue weighted by Gasteiger charge is -2.21. The van der Waals surface area contributed by atoms with Crippen LogP contribution in [-0.4, -0.2) is 34.4 Å². The minimum Gasteiger partial charge on any atom is -0.507 e. The summed E-state index contributed by atoms with van der Waals surface area (Å²) in [7, 11) is 0. The summed E-state index contributed by atoms with van der Waals surface area (Å²) in [6, 6.07) is 7.80. The number of hydrogen-bond acceptors (Lipinski definition) is 6. The number of fused-ring (bicyclic) bond motifs is 2. The highest BCUT2D eigenvalue weighted by atomic mass is 16.5. The van der Waals surface area contributed by atoms with Gasteiger partial charge in [-0.25, -0.2) is 4.79 Å². The van der Waals surface area contributed by atoms with Gasteiger partial charge in [-0.05, 0) is 6.42 Å². The molecule has 0 radical (unpaired) electrons. The largest absolute Gasteiger partial charge is 0.507 e. The quantitative estimate of drug-likeness (QED) is 0.366. The Hall–Kier alpha value is -3.61. The van der Waals surface area contributed by atoms with E-state index in [1.54, 1.807) is 24.3 Å². The number of ether oxygens (including phenoxy) is 1. The number of carbonyl (C=O) groups is 3. The topological polar surface area (TPSA) is 127 Å². The molecule has 0 spiro atoms. The second-order valence-electron chi connectivity index (χ2n) is 5.65. The number of aliphatic carboxylic acids is 1. The summed E-state index contributed by atoms with van der Waals surface area (Å²) in [5.74, 6) is -1.83. The van der Waals surface area contributed by atoms with E-state index < -0.39 is 11.8 Å². The molecule has 0 aromatic heterocycles. The number of phenolic OH excluding ortho intramolecular Hbond substituents is 1. The van der Waals surface area contributed by atoms with Crippen LogP contribution in [0.1, 0.15) is 45.2 Å². The van der Waals surface area contributed by atoms with Crippen molar-refractivity contribution < 1.29 is 29.3 Å². The fourth-order valence-corrected chi connectivity index (χ4v) is 2.61. The van der Waals surface area contributed by atoms with Crippen LogP contribution in [0.5, 0.6) is 11.5 Å². The van der Waals surface area contributed by atoms with Crippen LogP contribution in [0.25, 0.3) is 0 Å². The molecule has 0 aliphatic heterocycles. The predicted octanol–water partition coefficient (Wildman–Crippen LogP) is 2.80. The molecule has 140 valence electrons. The van der Waals surface area contributed by atoms with E-state index in [1.807, 2.05) is 6.92 Å². The number of aromatic hydroxyl groups is 1.